The SMILES string of the molecule is C[C@H](NC(=O)COc1ccc(Br)cc1Cl)C1CC1. The summed E-state index contributed by atoms with van der Waals surface area (Å²) in [5.74, 6) is 1.06. The first-order chi connectivity index (χ1) is 8.56. The normalized spacial score (nSPS) is 16.2. The lowest BCUT2D eigenvalue weighted by atomic mass is 10.2. The summed E-state index contributed by atoms with van der Waals surface area (Å²) >= 11 is 9.31. The van der Waals surface area contributed by atoms with Crippen LogP contribution in [0.25, 0.3) is 0 Å². The van der Waals surface area contributed by atoms with Gasteiger partial charge in [0.2, 0.25) is 0 Å². The smallest absolute Gasteiger partial charge is 0.258 e. The summed E-state index contributed by atoms with van der Waals surface area (Å²) in [5, 5.41) is 3.42. The molecule has 1 atom stereocenters. The fourth-order valence-electron chi connectivity index (χ4n) is 1.75. The minimum atomic E-state index is -0.103. The number of hydrogen-bond acceptors (Lipinski definition) is 2. The average Bonchev–Trinajstić information content (AvgIpc) is 3.11. The Balaban J connectivity index is 1.81. The zero-order valence-electron chi connectivity index (χ0n) is 10.1. The molecule has 1 aliphatic rings. The summed E-state index contributed by atoms with van der Waals surface area (Å²) in [7, 11) is 0. The van der Waals surface area contributed by atoms with Gasteiger partial charge >= 0.3 is 0 Å². The van der Waals surface area contributed by atoms with Crippen LogP contribution in [0.3, 0.4) is 0 Å². The third-order valence-corrected chi connectivity index (χ3v) is 3.76. The van der Waals surface area contributed by atoms with Gasteiger partial charge in [-0.25, -0.2) is 0 Å². The van der Waals surface area contributed by atoms with E-state index in [0.717, 1.165) is 4.47 Å². The lowest BCUT2D eigenvalue weighted by Crippen LogP contribution is -2.37. The highest BCUT2D eigenvalue weighted by Crippen LogP contribution is 2.32. The van der Waals surface area contributed by atoms with Crippen molar-refractivity contribution in [1.82, 2.24) is 5.32 Å². The van der Waals surface area contributed by atoms with Crippen LogP contribution in [0.4, 0.5) is 0 Å². The lowest BCUT2D eigenvalue weighted by molar-refractivity contribution is -0.123. The minimum Gasteiger partial charge on any atom is -0.482 e. The second-order valence-corrected chi connectivity index (χ2v) is 5.88. The summed E-state index contributed by atoms with van der Waals surface area (Å²) in [4.78, 5) is 11.6. The predicted molar refractivity (Wildman–Crippen MR) is 75.0 cm³/mol. The fraction of sp³-hybridized carbons (Fsp3) is 0.462. The molecule has 0 aliphatic heterocycles. The molecule has 5 heteroatoms. The van der Waals surface area contributed by atoms with Crippen LogP contribution >= 0.6 is 27.5 Å². The van der Waals surface area contributed by atoms with Crippen molar-refractivity contribution in [3.8, 4) is 5.75 Å². The number of carbonyl (C=O) groups is 1. The summed E-state index contributed by atoms with van der Waals surface area (Å²) < 4.78 is 6.27. The van der Waals surface area contributed by atoms with E-state index in [9.17, 15) is 4.79 Å². The van der Waals surface area contributed by atoms with Crippen molar-refractivity contribution in [2.45, 2.75) is 25.8 Å². The summed E-state index contributed by atoms with van der Waals surface area (Å²) in [6.07, 6.45) is 2.42. The van der Waals surface area contributed by atoms with Crippen LogP contribution in [0.15, 0.2) is 22.7 Å². The number of rotatable bonds is 5. The molecule has 0 unspecified atom stereocenters. The Kier molecular flexibility index (Phi) is 4.51. The van der Waals surface area contributed by atoms with E-state index in [2.05, 4.69) is 21.2 Å². The predicted octanol–water partition coefficient (Wildman–Crippen LogP) is 3.40. The van der Waals surface area contributed by atoms with Crippen LogP contribution in [0, 0.1) is 5.92 Å². The second-order valence-electron chi connectivity index (χ2n) is 4.56. The Morgan fingerprint density at radius 1 is 1.61 bits per heavy atom. The van der Waals surface area contributed by atoms with E-state index in [1.165, 1.54) is 12.8 Å². The van der Waals surface area contributed by atoms with E-state index in [-0.39, 0.29) is 18.6 Å². The molecule has 18 heavy (non-hydrogen) atoms. The van der Waals surface area contributed by atoms with Crippen LogP contribution in [0.1, 0.15) is 19.8 Å². The highest BCUT2D eigenvalue weighted by molar-refractivity contribution is 9.10. The largest absolute Gasteiger partial charge is 0.482 e. The van der Waals surface area contributed by atoms with Gasteiger partial charge in [0, 0.05) is 10.5 Å². The number of benzene rings is 1. The molecule has 0 spiro atoms. The second kappa shape index (κ2) is 5.93. The fourth-order valence-corrected chi connectivity index (χ4v) is 2.47. The van der Waals surface area contributed by atoms with Gasteiger partial charge in [0.1, 0.15) is 5.75 Å². The zero-order chi connectivity index (χ0) is 13.1. The first-order valence-electron chi connectivity index (χ1n) is 5.93. The summed E-state index contributed by atoms with van der Waals surface area (Å²) in [5.41, 5.74) is 0. The number of nitrogens with one attached hydrogen (secondary N) is 1. The Bertz CT molecular complexity index is 449. The molecule has 3 nitrogen and oxygen atoms in total. The Morgan fingerprint density at radius 3 is 2.94 bits per heavy atom. The molecule has 2 rings (SSSR count). The van der Waals surface area contributed by atoms with Gasteiger partial charge in [0.25, 0.3) is 5.91 Å². The highest BCUT2D eigenvalue weighted by atomic mass is 79.9. The van der Waals surface area contributed by atoms with Gasteiger partial charge in [0.15, 0.2) is 6.61 Å². The van der Waals surface area contributed by atoms with Crippen molar-refractivity contribution >= 4 is 33.4 Å². The molecular weight excluding hydrogens is 318 g/mol. The average molecular weight is 333 g/mol. The minimum absolute atomic E-state index is 0.00158. The molecule has 1 aromatic rings. The van der Waals surface area contributed by atoms with Crippen molar-refractivity contribution in [3.05, 3.63) is 27.7 Å². The van der Waals surface area contributed by atoms with E-state index in [4.69, 9.17) is 16.3 Å². The molecule has 0 aromatic heterocycles. The molecule has 1 saturated carbocycles. The van der Waals surface area contributed by atoms with Gasteiger partial charge in [-0.15, -0.1) is 0 Å². The maximum atomic E-state index is 11.6. The third-order valence-electron chi connectivity index (χ3n) is 2.97. The monoisotopic (exact) mass is 331 g/mol. The molecule has 1 N–H and O–H groups in total. The maximum absolute atomic E-state index is 11.6. The Labute approximate surface area is 120 Å². The van der Waals surface area contributed by atoms with Gasteiger partial charge in [-0.1, -0.05) is 27.5 Å². The van der Waals surface area contributed by atoms with Gasteiger partial charge < -0.3 is 10.1 Å². The van der Waals surface area contributed by atoms with Gasteiger partial charge in [0.05, 0.1) is 5.02 Å². The quantitative estimate of drug-likeness (QED) is 0.897. The van der Waals surface area contributed by atoms with E-state index in [1.54, 1.807) is 12.1 Å². The van der Waals surface area contributed by atoms with Crippen molar-refractivity contribution in [2.75, 3.05) is 6.61 Å². The van der Waals surface area contributed by atoms with Gasteiger partial charge in [-0.3, -0.25) is 4.79 Å². The molecular formula is C13H15BrClNO2. The van der Waals surface area contributed by atoms with Crippen LogP contribution in [-0.4, -0.2) is 18.6 Å². The lowest BCUT2D eigenvalue weighted by Gasteiger charge is -2.13. The summed E-state index contributed by atoms with van der Waals surface area (Å²) in [6.45, 7) is 2.03. The van der Waals surface area contributed by atoms with Gasteiger partial charge in [-0.05, 0) is 43.9 Å². The molecule has 0 bridgehead atoms. The zero-order valence-corrected chi connectivity index (χ0v) is 12.4. The molecule has 1 fully saturated rings. The van der Waals surface area contributed by atoms with Crippen molar-refractivity contribution < 1.29 is 9.53 Å². The maximum Gasteiger partial charge on any atom is 0.258 e. The van der Waals surface area contributed by atoms with E-state index in [0.29, 0.717) is 16.7 Å². The van der Waals surface area contributed by atoms with Gasteiger partial charge in [-0.2, -0.15) is 0 Å². The molecule has 1 aromatic carbocycles. The first-order valence-corrected chi connectivity index (χ1v) is 7.10. The van der Waals surface area contributed by atoms with Crippen LogP contribution in [-0.2, 0) is 4.79 Å². The number of carbonyl (C=O) groups excluding carboxylic acids is 1. The van der Waals surface area contributed by atoms with Crippen molar-refractivity contribution in [1.29, 1.82) is 0 Å². The van der Waals surface area contributed by atoms with Crippen LogP contribution in [0.2, 0.25) is 5.02 Å². The van der Waals surface area contributed by atoms with E-state index < -0.39 is 0 Å². The molecule has 0 radical (unpaired) electrons. The Hall–Kier alpha value is -0.740. The topological polar surface area (TPSA) is 38.3 Å². The highest BCUT2D eigenvalue weighted by Gasteiger charge is 2.28. The molecule has 98 valence electrons. The summed E-state index contributed by atoms with van der Waals surface area (Å²) in [6, 6.07) is 5.54. The molecule has 0 heterocycles. The van der Waals surface area contributed by atoms with Crippen LogP contribution < -0.4 is 10.1 Å². The molecule has 1 aliphatic carbocycles. The number of hydrogen-bond donors (Lipinski definition) is 1. The number of amides is 1. The van der Waals surface area contributed by atoms with Crippen molar-refractivity contribution in [3.63, 3.8) is 0 Å². The van der Waals surface area contributed by atoms with Crippen LogP contribution in [0.5, 0.6) is 5.75 Å². The van der Waals surface area contributed by atoms with E-state index >= 15 is 0 Å². The molecule has 1 amide bonds. The molecule has 0 saturated heterocycles. The standard InChI is InChI=1S/C13H15BrClNO2/c1-8(9-2-3-9)16-13(17)7-18-12-5-4-10(14)6-11(12)15/h4-6,8-9H,2-3,7H2,1H3,(H,16,17)/t8-/m0/s1. The third kappa shape index (κ3) is 3.89. The number of halogens is 2. The van der Waals surface area contributed by atoms with E-state index in [1.807, 2.05) is 13.0 Å². The first kappa shape index (κ1) is 13.7. The van der Waals surface area contributed by atoms with Crippen molar-refractivity contribution in [2.24, 2.45) is 5.92 Å². The number of ether oxygens (including phenoxy) is 1. The Morgan fingerprint density at radius 2 is 2.33 bits per heavy atom.